The van der Waals surface area contributed by atoms with Gasteiger partial charge in [-0.05, 0) is 36.5 Å². The fraction of sp³-hybridized carbons (Fsp3) is 0.571. The van der Waals surface area contributed by atoms with Crippen LogP contribution in [0.3, 0.4) is 0 Å². The van der Waals surface area contributed by atoms with Crippen molar-refractivity contribution in [2.75, 3.05) is 14.2 Å². The van der Waals surface area contributed by atoms with Gasteiger partial charge in [-0.15, -0.1) is 0 Å². The molecule has 0 spiro atoms. The SMILES string of the molecule is COc1ccc(C(CCC2CC2)NN)cc1OC. The Hall–Kier alpha value is -1.26. The first-order valence-electron chi connectivity index (χ1n) is 6.46. The molecule has 1 aliphatic rings. The molecule has 4 heteroatoms. The van der Waals surface area contributed by atoms with E-state index in [-0.39, 0.29) is 6.04 Å². The van der Waals surface area contributed by atoms with Crippen molar-refractivity contribution in [3.05, 3.63) is 23.8 Å². The standard InChI is InChI=1S/C14H22N2O2/c1-17-13-8-6-11(9-14(13)18-2)12(16-15)7-5-10-3-4-10/h6,8-10,12,16H,3-5,7,15H2,1-2H3. The molecule has 2 rings (SSSR count). The maximum absolute atomic E-state index is 5.65. The van der Waals surface area contributed by atoms with E-state index in [9.17, 15) is 0 Å². The van der Waals surface area contributed by atoms with Gasteiger partial charge in [0.15, 0.2) is 11.5 Å². The average molecular weight is 250 g/mol. The van der Waals surface area contributed by atoms with Crippen LogP contribution < -0.4 is 20.7 Å². The van der Waals surface area contributed by atoms with Crippen molar-refractivity contribution in [1.29, 1.82) is 0 Å². The largest absolute Gasteiger partial charge is 0.493 e. The van der Waals surface area contributed by atoms with E-state index in [4.69, 9.17) is 15.3 Å². The molecular formula is C14H22N2O2. The molecule has 1 unspecified atom stereocenters. The molecule has 0 bridgehead atoms. The van der Waals surface area contributed by atoms with Crippen molar-refractivity contribution in [3.63, 3.8) is 0 Å². The smallest absolute Gasteiger partial charge is 0.161 e. The first-order valence-corrected chi connectivity index (χ1v) is 6.46. The molecule has 1 aromatic carbocycles. The van der Waals surface area contributed by atoms with E-state index in [0.717, 1.165) is 29.4 Å². The number of benzene rings is 1. The lowest BCUT2D eigenvalue weighted by molar-refractivity contribution is 0.353. The molecule has 0 aromatic heterocycles. The Balaban J connectivity index is 2.08. The second-order valence-electron chi connectivity index (χ2n) is 4.85. The Bertz CT molecular complexity index is 391. The van der Waals surface area contributed by atoms with Crippen LogP contribution in [0.2, 0.25) is 0 Å². The highest BCUT2D eigenvalue weighted by Gasteiger charge is 2.23. The third kappa shape index (κ3) is 3.15. The number of hydrogen-bond acceptors (Lipinski definition) is 4. The van der Waals surface area contributed by atoms with Crippen LogP contribution in [-0.4, -0.2) is 14.2 Å². The van der Waals surface area contributed by atoms with E-state index in [0.29, 0.717) is 0 Å². The van der Waals surface area contributed by atoms with Gasteiger partial charge in [-0.3, -0.25) is 11.3 Å². The molecule has 0 saturated heterocycles. The van der Waals surface area contributed by atoms with Crippen LogP contribution in [0, 0.1) is 5.92 Å². The molecule has 1 aliphatic carbocycles. The summed E-state index contributed by atoms with van der Waals surface area (Å²) in [7, 11) is 3.29. The number of nitrogens with one attached hydrogen (secondary N) is 1. The van der Waals surface area contributed by atoms with Crippen LogP contribution in [0.25, 0.3) is 0 Å². The molecule has 0 aliphatic heterocycles. The van der Waals surface area contributed by atoms with Crippen molar-refractivity contribution in [3.8, 4) is 11.5 Å². The van der Waals surface area contributed by atoms with Gasteiger partial charge >= 0.3 is 0 Å². The van der Waals surface area contributed by atoms with Crippen molar-refractivity contribution in [2.24, 2.45) is 11.8 Å². The van der Waals surface area contributed by atoms with Crippen molar-refractivity contribution >= 4 is 0 Å². The van der Waals surface area contributed by atoms with E-state index in [2.05, 4.69) is 5.43 Å². The Morgan fingerprint density at radius 2 is 2.00 bits per heavy atom. The van der Waals surface area contributed by atoms with Gasteiger partial charge in [0, 0.05) is 6.04 Å². The van der Waals surface area contributed by atoms with Crippen LogP contribution in [0.4, 0.5) is 0 Å². The van der Waals surface area contributed by atoms with E-state index < -0.39 is 0 Å². The lowest BCUT2D eigenvalue weighted by Crippen LogP contribution is -2.28. The average Bonchev–Trinajstić information content (AvgIpc) is 3.23. The first-order chi connectivity index (χ1) is 8.78. The summed E-state index contributed by atoms with van der Waals surface area (Å²) in [5.74, 6) is 8.07. The van der Waals surface area contributed by atoms with Gasteiger partial charge in [0.1, 0.15) is 0 Å². The normalized spacial score (nSPS) is 16.4. The number of nitrogens with two attached hydrogens (primary N) is 1. The van der Waals surface area contributed by atoms with E-state index in [1.54, 1.807) is 14.2 Å². The fourth-order valence-corrected chi connectivity index (χ4v) is 2.22. The highest BCUT2D eigenvalue weighted by atomic mass is 16.5. The highest BCUT2D eigenvalue weighted by Crippen LogP contribution is 2.37. The van der Waals surface area contributed by atoms with Gasteiger partial charge in [-0.25, -0.2) is 0 Å². The minimum absolute atomic E-state index is 0.186. The van der Waals surface area contributed by atoms with Crippen molar-refractivity contribution in [1.82, 2.24) is 5.43 Å². The number of rotatable bonds is 7. The number of ether oxygens (including phenoxy) is 2. The van der Waals surface area contributed by atoms with Crippen molar-refractivity contribution < 1.29 is 9.47 Å². The Kier molecular flexibility index (Phi) is 4.44. The lowest BCUT2D eigenvalue weighted by atomic mass is 10.0. The van der Waals surface area contributed by atoms with Gasteiger partial charge in [0.05, 0.1) is 14.2 Å². The maximum atomic E-state index is 5.65. The summed E-state index contributed by atoms with van der Waals surface area (Å²) in [5.41, 5.74) is 4.04. The minimum atomic E-state index is 0.186. The molecule has 1 aromatic rings. The number of hydrazine groups is 1. The van der Waals surface area contributed by atoms with Gasteiger partial charge in [-0.1, -0.05) is 18.9 Å². The zero-order valence-electron chi connectivity index (χ0n) is 11.1. The fourth-order valence-electron chi connectivity index (χ4n) is 2.22. The Labute approximate surface area is 108 Å². The Morgan fingerprint density at radius 1 is 1.28 bits per heavy atom. The second kappa shape index (κ2) is 6.07. The van der Waals surface area contributed by atoms with Crippen LogP contribution in [0.5, 0.6) is 11.5 Å². The predicted molar refractivity (Wildman–Crippen MR) is 71.6 cm³/mol. The second-order valence-corrected chi connectivity index (χ2v) is 4.85. The first kappa shape index (κ1) is 13.2. The molecule has 100 valence electrons. The molecule has 18 heavy (non-hydrogen) atoms. The Morgan fingerprint density at radius 3 is 2.56 bits per heavy atom. The third-order valence-corrected chi connectivity index (χ3v) is 3.57. The maximum Gasteiger partial charge on any atom is 0.161 e. The van der Waals surface area contributed by atoms with Crippen LogP contribution in [0.15, 0.2) is 18.2 Å². The minimum Gasteiger partial charge on any atom is -0.493 e. The zero-order valence-corrected chi connectivity index (χ0v) is 11.1. The lowest BCUT2D eigenvalue weighted by Gasteiger charge is -2.18. The van der Waals surface area contributed by atoms with E-state index in [1.165, 1.54) is 19.3 Å². The van der Waals surface area contributed by atoms with Crippen LogP contribution in [-0.2, 0) is 0 Å². The summed E-state index contributed by atoms with van der Waals surface area (Å²) >= 11 is 0. The highest BCUT2D eigenvalue weighted by molar-refractivity contribution is 5.43. The molecule has 1 atom stereocenters. The van der Waals surface area contributed by atoms with E-state index in [1.807, 2.05) is 18.2 Å². The van der Waals surface area contributed by atoms with Crippen LogP contribution >= 0.6 is 0 Å². The molecule has 1 saturated carbocycles. The van der Waals surface area contributed by atoms with Crippen LogP contribution in [0.1, 0.15) is 37.3 Å². The van der Waals surface area contributed by atoms with Gasteiger partial charge in [-0.2, -0.15) is 0 Å². The third-order valence-electron chi connectivity index (χ3n) is 3.57. The summed E-state index contributed by atoms with van der Waals surface area (Å²) in [4.78, 5) is 0. The molecule has 0 radical (unpaired) electrons. The predicted octanol–water partition coefficient (Wildman–Crippen LogP) is 2.40. The summed E-state index contributed by atoms with van der Waals surface area (Å²) in [6.45, 7) is 0. The topological polar surface area (TPSA) is 56.5 Å². The summed E-state index contributed by atoms with van der Waals surface area (Å²) < 4.78 is 10.6. The monoisotopic (exact) mass is 250 g/mol. The quantitative estimate of drug-likeness (QED) is 0.576. The van der Waals surface area contributed by atoms with Gasteiger partial charge in [0.2, 0.25) is 0 Å². The molecular weight excluding hydrogens is 228 g/mol. The molecule has 3 N–H and O–H groups in total. The molecule has 0 heterocycles. The number of hydrogen-bond donors (Lipinski definition) is 2. The summed E-state index contributed by atoms with van der Waals surface area (Å²) in [6, 6.07) is 6.15. The van der Waals surface area contributed by atoms with E-state index >= 15 is 0 Å². The van der Waals surface area contributed by atoms with Gasteiger partial charge < -0.3 is 9.47 Å². The summed E-state index contributed by atoms with van der Waals surface area (Å²) in [6.07, 6.45) is 5.06. The number of methoxy groups -OCH3 is 2. The zero-order chi connectivity index (χ0) is 13.0. The summed E-state index contributed by atoms with van der Waals surface area (Å²) in [5, 5.41) is 0. The molecule has 4 nitrogen and oxygen atoms in total. The molecule has 0 amide bonds. The van der Waals surface area contributed by atoms with Crippen molar-refractivity contribution in [2.45, 2.75) is 31.7 Å². The molecule has 1 fully saturated rings. The van der Waals surface area contributed by atoms with Gasteiger partial charge in [0.25, 0.3) is 0 Å².